The van der Waals surface area contributed by atoms with Gasteiger partial charge in [0.2, 0.25) is 0 Å². The molecule has 0 saturated carbocycles. The van der Waals surface area contributed by atoms with E-state index in [2.05, 4.69) is 105 Å². The predicted molar refractivity (Wildman–Crippen MR) is 420 cm³/mol. The molecule has 0 spiro atoms. The molecule has 0 amide bonds. The molecule has 0 fully saturated rings. The second kappa shape index (κ2) is 73.7. The molecule has 24 N–H and O–H groups in total. The van der Waals surface area contributed by atoms with Gasteiger partial charge in [0.15, 0.2) is 48.8 Å². The number of carbonyl (C=O) groups excluding carboxylic acids is 12. The molecule has 52 heteroatoms. The van der Waals surface area contributed by atoms with E-state index in [0.29, 0.717) is 44.7 Å². The largest absolute Gasteiger partial charge is 0.494 e. The van der Waals surface area contributed by atoms with Gasteiger partial charge in [-0.25, -0.2) is 62.3 Å². The highest BCUT2D eigenvalue weighted by molar-refractivity contribution is 5.89. The zero-order valence-electron chi connectivity index (χ0n) is 70.0. The first-order chi connectivity index (χ1) is 59.8. The number of rotatable bonds is 63. The maximum atomic E-state index is 11.8. The van der Waals surface area contributed by atoms with Gasteiger partial charge in [-0.05, 0) is 52.5 Å². The van der Waals surface area contributed by atoms with Crippen molar-refractivity contribution in [2.75, 3.05) is 126 Å². The Bertz CT molecular complexity index is 3260. The smallest absolute Gasteiger partial charge is 0.338 e. The highest BCUT2D eigenvalue weighted by Crippen LogP contribution is 2.13. The fourth-order valence-electron chi connectivity index (χ4n) is 7.22. The Morgan fingerprint density at radius 2 is 0.531 bits per heavy atom. The molecule has 0 aromatic heterocycles. The Labute approximate surface area is 730 Å². The third-order valence-corrected chi connectivity index (χ3v) is 14.5. The lowest BCUT2D eigenvalue weighted by molar-refractivity contribution is -0.177. The molecule has 0 heterocycles. The molecular weight excluding hydrogens is 1740 g/mol. The fraction of sp³-hybridized carbons (Fsp3) is 0.618. The molecule has 21 unspecified atom stereocenters. The Morgan fingerprint density at radius 3 is 0.812 bits per heavy atom. The van der Waals surface area contributed by atoms with E-state index in [1.165, 1.54) is 26.8 Å². The number of aliphatic carboxylic acids is 1. The Kier molecular flexibility index (Phi) is 72.7. The SMILES string of the molecule is C=C(C)C(=O)OCC(O)COC(=O)C(O)C(O)C(=O)OCC(O)COC(=O)C(=C)C.C=C(C)C(=O)OCC(O)COC(=O)C(O)C(O)C(O)C(O)CO.C=CC(=C)OCCCCOCC(O)COC(=O)C(O)C(O)C(=O)OCC(O)COCCCCOC(=O)C=C.C=CC(=O)OC(CO)C(O)C(O)C(O)C(=O)O.C=CC(=O)OCCOC(=O)C(O)C(O)C(O)C(O)CO. The third-order valence-electron chi connectivity index (χ3n) is 14.5. The second-order valence-electron chi connectivity index (χ2n) is 25.8. The number of aliphatic hydroxyl groups excluding tert-OH is 23. The van der Waals surface area contributed by atoms with Crippen LogP contribution in [0.4, 0.5) is 0 Å². The van der Waals surface area contributed by atoms with Crippen LogP contribution < -0.4 is 0 Å². The molecule has 736 valence electrons. The number of carboxylic acids is 1. The van der Waals surface area contributed by atoms with Crippen molar-refractivity contribution in [3.05, 3.63) is 99.4 Å². The minimum Gasteiger partial charge on any atom is -0.494 e. The second-order valence-corrected chi connectivity index (χ2v) is 25.8. The standard InChI is InChI=1S/C25H40O13.C18H26O12.C13H22O10.C11H18O9.C9H14O8/c1-4-18(3)35-12-8-6-10-33-14-19(26)16-37-24(31)22(29)23(30)25(32)38-17-20(27)15-34-11-7-9-13-36-21(28)5-2;1-9(2)15(23)27-5-11(19)7-29-17(25)13(21)14(22)18(26)30-8-12(20)6-28-16(24)10(3)4;1-6(2)12(20)22-4-7(15)5-23-13(21)11(19)10(18)9(17)8(16)3-14;1-2-7(14)19-3-4-20-11(18)10(17)9(16)8(15)6(13)5-12;1-2-5(11)17-4(3-10)6(12)7(13)8(14)9(15)16/h4-5,19-20,22-23,26-27,29-30H,1-3,6-17H2;11-14,19-22H,1,3,5-8H2,2,4H3;7-11,14-19H,1,3-5H2,2H3;2,6,8-10,12-13,15-17H,1,3-5H2;2,4,6-8,10,12-14H,1,3H2,(H,15,16). The first-order valence-corrected chi connectivity index (χ1v) is 37.4. The maximum Gasteiger partial charge on any atom is 0.338 e. The van der Waals surface area contributed by atoms with Crippen LogP contribution in [0.2, 0.25) is 0 Å². The minimum absolute atomic E-state index is 0.0929. The zero-order valence-corrected chi connectivity index (χ0v) is 70.0. The van der Waals surface area contributed by atoms with Gasteiger partial charge in [-0.2, -0.15) is 0 Å². The fourth-order valence-corrected chi connectivity index (χ4v) is 7.22. The highest BCUT2D eigenvalue weighted by Gasteiger charge is 2.40. The highest BCUT2D eigenvalue weighted by atomic mass is 16.6. The predicted octanol–water partition coefficient (Wildman–Crippen LogP) is -12.3. The summed E-state index contributed by atoms with van der Waals surface area (Å²) in [5.41, 5.74) is 0.301. The summed E-state index contributed by atoms with van der Waals surface area (Å²) in [6.07, 6.45) is -33.0. The van der Waals surface area contributed by atoms with Gasteiger partial charge in [0.25, 0.3) is 0 Å². The van der Waals surface area contributed by atoms with E-state index in [-0.39, 0.29) is 56.4 Å². The number of ether oxygens (including phenoxy) is 15. The van der Waals surface area contributed by atoms with E-state index >= 15 is 0 Å². The van der Waals surface area contributed by atoms with E-state index in [0.717, 1.165) is 18.2 Å². The lowest BCUT2D eigenvalue weighted by atomic mass is 10.0. The summed E-state index contributed by atoms with van der Waals surface area (Å²) in [4.78, 5) is 146. The summed E-state index contributed by atoms with van der Waals surface area (Å²) in [6.45, 7) is 23.7. The first-order valence-electron chi connectivity index (χ1n) is 37.4. The summed E-state index contributed by atoms with van der Waals surface area (Å²) >= 11 is 0. The van der Waals surface area contributed by atoms with Crippen LogP contribution in [-0.4, -0.2) is 454 Å². The number of hydrogen-bond donors (Lipinski definition) is 24. The molecule has 0 saturated heterocycles. The number of hydrogen-bond acceptors (Lipinski definition) is 51. The molecule has 0 aliphatic heterocycles. The molecule has 128 heavy (non-hydrogen) atoms. The van der Waals surface area contributed by atoms with Crippen LogP contribution in [0.1, 0.15) is 46.5 Å². The van der Waals surface area contributed by atoms with Crippen molar-refractivity contribution in [1.82, 2.24) is 0 Å². The van der Waals surface area contributed by atoms with Crippen LogP contribution in [0.3, 0.4) is 0 Å². The number of carbonyl (C=O) groups is 13. The molecule has 0 aliphatic carbocycles. The average molecular weight is 1870 g/mol. The van der Waals surface area contributed by atoms with Crippen LogP contribution in [0.25, 0.3) is 0 Å². The van der Waals surface area contributed by atoms with Crippen molar-refractivity contribution < 1.29 is 256 Å². The molecule has 0 aromatic rings. The van der Waals surface area contributed by atoms with Crippen LogP contribution in [0, 0.1) is 0 Å². The molecule has 0 bridgehead atoms. The van der Waals surface area contributed by atoms with Crippen molar-refractivity contribution in [2.24, 2.45) is 0 Å². The molecule has 0 aliphatic rings. The van der Waals surface area contributed by atoms with Gasteiger partial charge in [0.05, 0.1) is 46.2 Å². The molecule has 0 rings (SSSR count). The summed E-state index contributed by atoms with van der Waals surface area (Å²) < 4.78 is 70.5. The van der Waals surface area contributed by atoms with E-state index in [1.54, 1.807) is 0 Å². The summed E-state index contributed by atoms with van der Waals surface area (Å²) in [5, 5.41) is 223. The average Bonchev–Trinajstić information content (AvgIpc) is 0.884. The molecular formula is C76H120O52. The van der Waals surface area contributed by atoms with E-state index in [9.17, 15) is 149 Å². The zero-order chi connectivity index (χ0) is 99.6. The topological polar surface area (TPSA) is 846 Å². The molecule has 52 nitrogen and oxygen atoms in total. The summed E-state index contributed by atoms with van der Waals surface area (Å²) in [7, 11) is 0. The van der Waals surface area contributed by atoms with Crippen molar-refractivity contribution in [1.29, 1.82) is 0 Å². The van der Waals surface area contributed by atoms with E-state index in [4.69, 9.17) is 54.7 Å². The van der Waals surface area contributed by atoms with Crippen LogP contribution in [-0.2, 0) is 133 Å². The van der Waals surface area contributed by atoms with Crippen LogP contribution >= 0.6 is 0 Å². The van der Waals surface area contributed by atoms with Gasteiger partial charge in [-0.3, -0.25) is 0 Å². The van der Waals surface area contributed by atoms with Crippen molar-refractivity contribution in [3.8, 4) is 0 Å². The molecule has 0 radical (unpaired) electrons. The van der Waals surface area contributed by atoms with Gasteiger partial charge in [0, 0.05) is 48.2 Å². The first kappa shape index (κ1) is 126. The van der Waals surface area contributed by atoms with Crippen molar-refractivity contribution in [2.45, 2.75) is 175 Å². The van der Waals surface area contributed by atoms with Crippen molar-refractivity contribution >= 4 is 77.6 Å². The third kappa shape index (κ3) is 60.5. The van der Waals surface area contributed by atoms with Gasteiger partial charge >= 0.3 is 77.6 Å². The monoisotopic (exact) mass is 1860 g/mol. The van der Waals surface area contributed by atoms with Gasteiger partial charge in [0.1, 0.15) is 151 Å². The maximum absolute atomic E-state index is 11.8. The van der Waals surface area contributed by atoms with E-state index in [1.807, 2.05) is 0 Å². The summed E-state index contributed by atoms with van der Waals surface area (Å²) in [5.74, 6) is -14.1. The van der Waals surface area contributed by atoms with Crippen LogP contribution in [0.15, 0.2) is 99.4 Å². The number of aliphatic hydroxyl groups is 23. The normalized spacial score (nSPS) is 15.6. The lowest BCUT2D eigenvalue weighted by Crippen LogP contribution is -2.49. The number of allylic oxidation sites excluding steroid dienone is 1. The number of carboxylic acid groups (broad SMARTS) is 1. The molecule has 0 aromatic carbocycles. The number of unbranched alkanes of at least 4 members (excludes halogenated alkanes) is 2. The van der Waals surface area contributed by atoms with Crippen molar-refractivity contribution in [3.63, 3.8) is 0 Å². The Hall–Kier alpha value is -10.2. The quantitative estimate of drug-likeness (QED) is 0.00671. The van der Waals surface area contributed by atoms with Gasteiger partial charge in [-0.15, -0.1) is 0 Å². The Morgan fingerprint density at radius 1 is 0.273 bits per heavy atom. The summed E-state index contributed by atoms with van der Waals surface area (Å²) in [6, 6.07) is 0. The van der Waals surface area contributed by atoms with Gasteiger partial charge in [-0.1, -0.05) is 52.6 Å². The minimum atomic E-state index is -2.35. The van der Waals surface area contributed by atoms with E-state index < -0.39 is 278 Å². The van der Waals surface area contributed by atoms with Gasteiger partial charge < -0.3 is 194 Å². The number of esters is 12. The lowest BCUT2D eigenvalue weighted by Gasteiger charge is -2.26. The molecule has 21 atom stereocenters. The Balaban J connectivity index is -0.000000507. The van der Waals surface area contributed by atoms with Crippen LogP contribution in [0.5, 0.6) is 0 Å².